The van der Waals surface area contributed by atoms with E-state index in [1.165, 1.54) is 108 Å². The fraction of sp³-hybridized carbons (Fsp3) is 0.594. The molecule has 0 aliphatic heterocycles. The van der Waals surface area contributed by atoms with Crippen LogP contribution in [0.25, 0.3) is 11.0 Å². The molecule has 0 fully saturated rings. The van der Waals surface area contributed by atoms with Crippen molar-refractivity contribution < 1.29 is 4.74 Å². The van der Waals surface area contributed by atoms with E-state index in [2.05, 4.69) is 35.8 Å². The molecule has 3 rings (SSSR count). The third-order valence-corrected chi connectivity index (χ3v) is 7.08. The van der Waals surface area contributed by atoms with Crippen molar-refractivity contribution in [1.29, 1.82) is 0 Å². The summed E-state index contributed by atoms with van der Waals surface area (Å²) >= 11 is 0. The van der Waals surface area contributed by atoms with Crippen LogP contribution in [-0.2, 0) is 13.2 Å². The van der Waals surface area contributed by atoms with Crippen LogP contribution in [0.15, 0.2) is 54.6 Å². The van der Waals surface area contributed by atoms with Gasteiger partial charge in [-0.3, -0.25) is 0 Å². The van der Waals surface area contributed by atoms with Gasteiger partial charge in [0.05, 0.1) is 11.0 Å². The highest BCUT2D eigenvalue weighted by molar-refractivity contribution is 5.75. The Morgan fingerprint density at radius 1 is 0.600 bits per heavy atom. The first-order valence-corrected chi connectivity index (χ1v) is 14.5. The Kier molecular flexibility index (Phi) is 13.4. The number of aromatic nitrogens is 2. The molecule has 0 saturated carbocycles. The highest BCUT2D eigenvalue weighted by atomic mass is 16.5. The second kappa shape index (κ2) is 17.2. The smallest absolute Gasteiger partial charge is 0.147 e. The minimum absolute atomic E-state index is 0.511. The quantitative estimate of drug-likeness (QED) is 0.152. The molecule has 0 saturated heterocycles. The predicted octanol–water partition coefficient (Wildman–Crippen LogP) is 9.88. The maximum Gasteiger partial charge on any atom is 0.147 e. The van der Waals surface area contributed by atoms with Gasteiger partial charge in [0.25, 0.3) is 0 Å². The third kappa shape index (κ3) is 10.5. The van der Waals surface area contributed by atoms with E-state index in [0.29, 0.717) is 6.61 Å². The molecule has 1 aromatic heterocycles. The average molecular weight is 477 g/mol. The van der Waals surface area contributed by atoms with Gasteiger partial charge in [-0.2, -0.15) is 0 Å². The first kappa shape index (κ1) is 27.3. The van der Waals surface area contributed by atoms with E-state index in [1.54, 1.807) is 0 Å². The van der Waals surface area contributed by atoms with E-state index in [4.69, 9.17) is 9.72 Å². The van der Waals surface area contributed by atoms with E-state index < -0.39 is 0 Å². The molecule has 3 aromatic rings. The molecule has 3 heteroatoms. The van der Waals surface area contributed by atoms with Crippen LogP contribution in [0.3, 0.4) is 0 Å². The van der Waals surface area contributed by atoms with Gasteiger partial charge in [0.15, 0.2) is 0 Å². The maximum absolute atomic E-state index is 6.01. The number of benzene rings is 2. The van der Waals surface area contributed by atoms with Crippen molar-refractivity contribution in [3.05, 3.63) is 60.4 Å². The van der Waals surface area contributed by atoms with Crippen LogP contribution in [0, 0.1) is 0 Å². The Morgan fingerprint density at radius 2 is 1.11 bits per heavy atom. The van der Waals surface area contributed by atoms with E-state index in [0.717, 1.165) is 23.6 Å². The summed E-state index contributed by atoms with van der Waals surface area (Å²) < 4.78 is 8.38. The summed E-state index contributed by atoms with van der Waals surface area (Å²) in [5.74, 6) is 1.92. The van der Waals surface area contributed by atoms with Crippen LogP contribution < -0.4 is 4.74 Å². The summed E-state index contributed by atoms with van der Waals surface area (Å²) in [6.07, 6.45) is 22.4. The average Bonchev–Trinajstić information content (AvgIpc) is 3.25. The lowest BCUT2D eigenvalue weighted by Crippen LogP contribution is -2.07. The molecular formula is C32H48N2O. The summed E-state index contributed by atoms with van der Waals surface area (Å²) in [5, 5.41) is 0. The highest BCUT2D eigenvalue weighted by Gasteiger charge is 2.11. The summed E-state index contributed by atoms with van der Waals surface area (Å²) in [6.45, 7) is 3.83. The maximum atomic E-state index is 6.01. The van der Waals surface area contributed by atoms with Gasteiger partial charge in [0, 0.05) is 6.54 Å². The van der Waals surface area contributed by atoms with Crippen molar-refractivity contribution in [2.45, 2.75) is 123 Å². The molecule has 2 aromatic carbocycles. The van der Waals surface area contributed by atoms with Gasteiger partial charge < -0.3 is 9.30 Å². The van der Waals surface area contributed by atoms with Crippen molar-refractivity contribution in [3.8, 4) is 5.75 Å². The van der Waals surface area contributed by atoms with Crippen LogP contribution in [0.5, 0.6) is 5.75 Å². The molecule has 0 amide bonds. The standard InChI is InChI=1S/C32H48N2O/c1-2-3-4-5-6-7-8-9-10-11-12-13-14-15-16-22-27-34-31-26-21-20-25-30(31)33-32(34)28-35-29-23-18-17-19-24-29/h17-21,23-26H,2-16,22,27-28H2,1H3. The number of para-hydroxylation sites is 3. The van der Waals surface area contributed by atoms with Crippen LogP contribution in [0.2, 0.25) is 0 Å². The van der Waals surface area contributed by atoms with Crippen LogP contribution in [0.1, 0.15) is 115 Å². The number of hydrogen-bond acceptors (Lipinski definition) is 2. The molecule has 192 valence electrons. The van der Waals surface area contributed by atoms with Crippen molar-refractivity contribution in [3.63, 3.8) is 0 Å². The molecule has 1 heterocycles. The minimum Gasteiger partial charge on any atom is -0.486 e. The first-order chi connectivity index (χ1) is 17.4. The van der Waals surface area contributed by atoms with Crippen molar-refractivity contribution in [2.75, 3.05) is 0 Å². The van der Waals surface area contributed by atoms with Crippen LogP contribution in [0.4, 0.5) is 0 Å². The number of ether oxygens (including phenoxy) is 1. The Hall–Kier alpha value is -2.29. The van der Waals surface area contributed by atoms with Crippen molar-refractivity contribution in [1.82, 2.24) is 9.55 Å². The summed E-state index contributed by atoms with van der Waals surface area (Å²) in [4.78, 5) is 4.86. The number of aryl methyl sites for hydroxylation is 1. The first-order valence-electron chi connectivity index (χ1n) is 14.5. The molecule has 0 aliphatic rings. The number of unbranched alkanes of at least 4 members (excludes halogenated alkanes) is 15. The largest absolute Gasteiger partial charge is 0.486 e. The van der Waals surface area contributed by atoms with Gasteiger partial charge in [-0.1, -0.05) is 134 Å². The second-order valence-electron chi connectivity index (χ2n) is 10.1. The number of hydrogen-bond donors (Lipinski definition) is 0. The fourth-order valence-electron chi connectivity index (χ4n) is 4.97. The molecule has 0 bridgehead atoms. The summed E-state index contributed by atoms with van der Waals surface area (Å²) in [7, 11) is 0. The number of nitrogens with zero attached hydrogens (tertiary/aromatic N) is 2. The van der Waals surface area contributed by atoms with Gasteiger partial charge in [0.1, 0.15) is 18.2 Å². The fourth-order valence-corrected chi connectivity index (χ4v) is 4.97. The zero-order valence-electron chi connectivity index (χ0n) is 22.2. The predicted molar refractivity (Wildman–Crippen MR) is 150 cm³/mol. The minimum atomic E-state index is 0.511. The monoisotopic (exact) mass is 476 g/mol. The number of imidazole rings is 1. The molecule has 0 N–H and O–H groups in total. The van der Waals surface area contributed by atoms with E-state index in [1.807, 2.05) is 30.3 Å². The van der Waals surface area contributed by atoms with Gasteiger partial charge >= 0.3 is 0 Å². The van der Waals surface area contributed by atoms with Crippen molar-refractivity contribution >= 4 is 11.0 Å². The van der Waals surface area contributed by atoms with E-state index >= 15 is 0 Å². The molecule has 0 spiro atoms. The van der Waals surface area contributed by atoms with E-state index in [-0.39, 0.29) is 0 Å². The lowest BCUT2D eigenvalue weighted by molar-refractivity contribution is 0.289. The SMILES string of the molecule is CCCCCCCCCCCCCCCCCCn1c(COc2ccccc2)nc2ccccc21. The third-order valence-electron chi connectivity index (χ3n) is 7.08. The zero-order chi connectivity index (χ0) is 24.4. The lowest BCUT2D eigenvalue weighted by Gasteiger charge is -2.10. The van der Waals surface area contributed by atoms with Crippen LogP contribution in [-0.4, -0.2) is 9.55 Å². The Labute approximate surface area is 214 Å². The highest BCUT2D eigenvalue weighted by Crippen LogP contribution is 2.20. The molecule has 0 radical (unpaired) electrons. The molecule has 0 atom stereocenters. The number of fused-ring (bicyclic) bond motifs is 1. The Bertz CT molecular complexity index is 918. The van der Waals surface area contributed by atoms with Crippen molar-refractivity contribution in [2.24, 2.45) is 0 Å². The van der Waals surface area contributed by atoms with E-state index in [9.17, 15) is 0 Å². The number of rotatable bonds is 20. The molecular weight excluding hydrogens is 428 g/mol. The van der Waals surface area contributed by atoms with Gasteiger partial charge in [0.2, 0.25) is 0 Å². The zero-order valence-corrected chi connectivity index (χ0v) is 22.2. The molecule has 0 unspecified atom stereocenters. The summed E-state index contributed by atoms with van der Waals surface area (Å²) in [6, 6.07) is 18.5. The van der Waals surface area contributed by atoms with Gasteiger partial charge in [-0.05, 0) is 30.7 Å². The van der Waals surface area contributed by atoms with Gasteiger partial charge in [-0.15, -0.1) is 0 Å². The topological polar surface area (TPSA) is 27.1 Å². The Morgan fingerprint density at radius 3 is 1.71 bits per heavy atom. The van der Waals surface area contributed by atoms with Gasteiger partial charge in [-0.25, -0.2) is 4.98 Å². The summed E-state index contributed by atoms with van der Waals surface area (Å²) in [5.41, 5.74) is 2.29. The van der Waals surface area contributed by atoms with Crippen LogP contribution >= 0.6 is 0 Å². The second-order valence-corrected chi connectivity index (χ2v) is 10.1. The molecule has 35 heavy (non-hydrogen) atoms. The molecule has 0 aliphatic carbocycles. The molecule has 3 nitrogen and oxygen atoms in total. The Balaban J connectivity index is 1.25. The normalized spacial score (nSPS) is 11.3. The lowest BCUT2D eigenvalue weighted by atomic mass is 10.0.